The molecule has 1 atom stereocenters. The molecule has 17 heavy (non-hydrogen) atoms. The lowest BCUT2D eigenvalue weighted by molar-refractivity contribution is -0.142. The minimum absolute atomic E-state index is 0.280. The Hall–Kier alpha value is -1.75. The van der Waals surface area contributed by atoms with Crippen molar-refractivity contribution in [1.82, 2.24) is 4.98 Å². The summed E-state index contributed by atoms with van der Waals surface area (Å²) in [5.41, 5.74) is 1.08. The molecular weight excluding hydrogens is 222 g/mol. The Morgan fingerprint density at radius 1 is 1.47 bits per heavy atom. The van der Waals surface area contributed by atoms with Crippen LogP contribution in [0.5, 0.6) is 0 Å². The lowest BCUT2D eigenvalue weighted by Gasteiger charge is -2.06. The first-order valence-electron chi connectivity index (χ1n) is 5.43. The molecule has 2 rings (SSSR count). The minimum atomic E-state index is -0.658. The molecule has 0 aromatic carbocycles. The predicted molar refractivity (Wildman–Crippen MR) is 58.3 cm³/mol. The van der Waals surface area contributed by atoms with E-state index in [1.54, 1.807) is 12.1 Å². The number of rotatable bonds is 2. The predicted octanol–water partition coefficient (Wildman–Crippen LogP) is 1.11. The first-order valence-corrected chi connectivity index (χ1v) is 5.43. The van der Waals surface area contributed by atoms with Gasteiger partial charge in [0.2, 0.25) is 0 Å². The van der Waals surface area contributed by atoms with E-state index in [2.05, 4.69) is 4.98 Å². The highest BCUT2D eigenvalue weighted by molar-refractivity contribution is 5.97. The van der Waals surface area contributed by atoms with E-state index in [9.17, 15) is 9.59 Å². The largest absolute Gasteiger partial charge is 0.389 e. The number of pyridine rings is 1. The van der Waals surface area contributed by atoms with E-state index in [-0.39, 0.29) is 11.5 Å². The molecule has 0 bridgehead atoms. The van der Waals surface area contributed by atoms with Crippen molar-refractivity contribution < 1.29 is 19.1 Å². The van der Waals surface area contributed by atoms with Crippen LogP contribution in [-0.2, 0) is 14.3 Å². The number of nitrogens with zero attached hydrogens (tertiary/aromatic N) is 1. The molecule has 5 heteroatoms. The second kappa shape index (κ2) is 5.05. The smallest absolute Gasteiger partial charge is 0.347 e. The van der Waals surface area contributed by atoms with Gasteiger partial charge in [-0.2, -0.15) is 0 Å². The number of carbonyl (C=O) groups excluding carboxylic acids is 2. The summed E-state index contributed by atoms with van der Waals surface area (Å²) in [5.74, 6) is -1.50. The number of aryl methyl sites for hydroxylation is 1. The Bertz CT molecular complexity index is 421. The Labute approximate surface area is 98.7 Å². The molecule has 0 N–H and O–H groups in total. The van der Waals surface area contributed by atoms with Crippen LogP contribution < -0.4 is 0 Å². The Balaban J connectivity index is 1.96. The molecule has 1 aromatic rings. The Morgan fingerprint density at radius 2 is 2.29 bits per heavy atom. The van der Waals surface area contributed by atoms with E-state index < -0.39 is 11.9 Å². The van der Waals surface area contributed by atoms with E-state index in [1.807, 2.05) is 6.92 Å². The third kappa shape index (κ3) is 2.88. The summed E-state index contributed by atoms with van der Waals surface area (Å²) in [5, 5.41) is 0. The third-order valence-electron chi connectivity index (χ3n) is 2.60. The highest BCUT2D eigenvalue weighted by Gasteiger charge is 2.27. The van der Waals surface area contributed by atoms with Gasteiger partial charge in [0, 0.05) is 18.5 Å². The van der Waals surface area contributed by atoms with E-state index >= 15 is 0 Å². The van der Waals surface area contributed by atoms with Crippen molar-refractivity contribution in [2.75, 3.05) is 13.2 Å². The van der Waals surface area contributed by atoms with Crippen LogP contribution in [0.1, 0.15) is 22.5 Å². The lowest BCUT2D eigenvalue weighted by Crippen LogP contribution is -2.21. The van der Waals surface area contributed by atoms with Gasteiger partial charge >= 0.3 is 11.9 Å². The molecule has 0 amide bonds. The highest BCUT2D eigenvalue weighted by Crippen LogP contribution is 2.15. The molecule has 2 heterocycles. The maximum atomic E-state index is 11.6. The fourth-order valence-corrected chi connectivity index (χ4v) is 1.54. The summed E-state index contributed by atoms with van der Waals surface area (Å²) in [7, 11) is 0. The van der Waals surface area contributed by atoms with E-state index in [0.29, 0.717) is 19.6 Å². The van der Waals surface area contributed by atoms with Gasteiger partial charge in [-0.15, -0.1) is 0 Å². The average Bonchev–Trinajstić information content (AvgIpc) is 2.83. The van der Waals surface area contributed by atoms with Crippen molar-refractivity contribution in [3.63, 3.8) is 0 Å². The van der Waals surface area contributed by atoms with Crippen molar-refractivity contribution in [1.29, 1.82) is 0 Å². The molecule has 0 spiro atoms. The summed E-state index contributed by atoms with van der Waals surface area (Å²) < 4.78 is 9.82. The molecule has 1 aromatic heterocycles. The summed E-state index contributed by atoms with van der Waals surface area (Å²) >= 11 is 0. The number of esters is 2. The SMILES string of the molecule is Cc1ccc(C(=O)OC(=O)C2CCOC2)cn1. The summed E-state index contributed by atoms with van der Waals surface area (Å²) in [4.78, 5) is 27.1. The number of hydrogen-bond donors (Lipinski definition) is 0. The summed E-state index contributed by atoms with van der Waals surface area (Å²) in [6.07, 6.45) is 2.01. The fraction of sp³-hybridized carbons (Fsp3) is 0.417. The molecule has 0 aliphatic carbocycles. The van der Waals surface area contributed by atoms with Crippen LogP contribution in [-0.4, -0.2) is 30.1 Å². The van der Waals surface area contributed by atoms with Gasteiger partial charge < -0.3 is 9.47 Å². The topological polar surface area (TPSA) is 65.5 Å². The van der Waals surface area contributed by atoms with Crippen molar-refractivity contribution in [2.45, 2.75) is 13.3 Å². The summed E-state index contributed by atoms with van der Waals surface area (Å²) in [6.45, 7) is 2.69. The zero-order chi connectivity index (χ0) is 12.3. The third-order valence-corrected chi connectivity index (χ3v) is 2.60. The number of carbonyl (C=O) groups is 2. The molecule has 5 nitrogen and oxygen atoms in total. The normalized spacial score (nSPS) is 19.0. The zero-order valence-corrected chi connectivity index (χ0v) is 9.51. The van der Waals surface area contributed by atoms with E-state index in [4.69, 9.17) is 9.47 Å². The maximum absolute atomic E-state index is 11.6. The van der Waals surface area contributed by atoms with Gasteiger partial charge in [-0.3, -0.25) is 9.78 Å². The second-order valence-corrected chi connectivity index (χ2v) is 3.96. The van der Waals surface area contributed by atoms with Gasteiger partial charge in [-0.1, -0.05) is 0 Å². The molecular formula is C12H13NO4. The van der Waals surface area contributed by atoms with Gasteiger partial charge in [0.05, 0.1) is 18.1 Å². The van der Waals surface area contributed by atoms with Crippen LogP contribution in [0.3, 0.4) is 0 Å². The first-order chi connectivity index (χ1) is 8.16. The van der Waals surface area contributed by atoms with Gasteiger partial charge in [0.15, 0.2) is 0 Å². The molecule has 0 radical (unpaired) electrons. The van der Waals surface area contributed by atoms with E-state index in [0.717, 1.165) is 5.69 Å². The highest BCUT2D eigenvalue weighted by atomic mass is 16.6. The Morgan fingerprint density at radius 3 is 2.88 bits per heavy atom. The molecule has 1 unspecified atom stereocenters. The summed E-state index contributed by atoms with van der Waals surface area (Å²) in [6, 6.07) is 3.28. The molecule has 0 saturated carbocycles. The zero-order valence-electron chi connectivity index (χ0n) is 9.51. The quantitative estimate of drug-likeness (QED) is 0.567. The lowest BCUT2D eigenvalue weighted by atomic mass is 10.1. The van der Waals surface area contributed by atoms with Gasteiger partial charge in [-0.05, 0) is 25.5 Å². The molecule has 90 valence electrons. The molecule has 1 aliphatic rings. The Kier molecular flexibility index (Phi) is 3.49. The average molecular weight is 235 g/mol. The van der Waals surface area contributed by atoms with Crippen molar-refractivity contribution in [2.24, 2.45) is 5.92 Å². The van der Waals surface area contributed by atoms with Gasteiger partial charge in [0.1, 0.15) is 0 Å². The number of aromatic nitrogens is 1. The number of hydrogen-bond acceptors (Lipinski definition) is 5. The van der Waals surface area contributed by atoms with Crippen LogP contribution >= 0.6 is 0 Å². The standard InChI is InChI=1S/C12H13NO4/c1-8-2-3-9(6-13-8)11(14)17-12(15)10-4-5-16-7-10/h2-3,6,10H,4-5,7H2,1H3. The molecule has 1 aliphatic heterocycles. The van der Waals surface area contributed by atoms with Crippen LogP contribution in [0.2, 0.25) is 0 Å². The fourth-order valence-electron chi connectivity index (χ4n) is 1.54. The second-order valence-electron chi connectivity index (χ2n) is 3.96. The van der Waals surface area contributed by atoms with Gasteiger partial charge in [0.25, 0.3) is 0 Å². The maximum Gasteiger partial charge on any atom is 0.347 e. The van der Waals surface area contributed by atoms with Crippen LogP contribution in [0.25, 0.3) is 0 Å². The minimum Gasteiger partial charge on any atom is -0.389 e. The molecule has 1 fully saturated rings. The van der Waals surface area contributed by atoms with Crippen LogP contribution in [0.15, 0.2) is 18.3 Å². The van der Waals surface area contributed by atoms with Crippen LogP contribution in [0, 0.1) is 12.8 Å². The van der Waals surface area contributed by atoms with Crippen molar-refractivity contribution in [3.8, 4) is 0 Å². The van der Waals surface area contributed by atoms with E-state index in [1.165, 1.54) is 6.20 Å². The monoisotopic (exact) mass is 235 g/mol. The van der Waals surface area contributed by atoms with Gasteiger partial charge in [-0.25, -0.2) is 4.79 Å². The van der Waals surface area contributed by atoms with Crippen molar-refractivity contribution >= 4 is 11.9 Å². The van der Waals surface area contributed by atoms with Crippen molar-refractivity contribution in [3.05, 3.63) is 29.6 Å². The first kappa shape index (κ1) is 11.7. The number of ether oxygens (including phenoxy) is 2. The molecule has 1 saturated heterocycles. The van der Waals surface area contributed by atoms with Crippen LogP contribution in [0.4, 0.5) is 0 Å².